The van der Waals surface area contributed by atoms with Crippen molar-refractivity contribution in [2.75, 3.05) is 6.61 Å². The zero-order valence-corrected chi connectivity index (χ0v) is 10.7. The van der Waals surface area contributed by atoms with Crippen LogP contribution in [0.3, 0.4) is 0 Å². The van der Waals surface area contributed by atoms with Gasteiger partial charge in [-0.15, -0.1) is 0 Å². The molecule has 0 saturated heterocycles. The first-order chi connectivity index (χ1) is 6.43. The Balaban J connectivity index is 3.54. The first kappa shape index (κ1) is 13.4. The van der Waals surface area contributed by atoms with Crippen molar-refractivity contribution in [2.45, 2.75) is 39.5 Å². The predicted molar refractivity (Wildman–Crippen MR) is 59.8 cm³/mol. The van der Waals surface area contributed by atoms with E-state index in [2.05, 4.69) is 19.7 Å². The van der Waals surface area contributed by atoms with Gasteiger partial charge in [0.1, 0.15) is 0 Å². The van der Waals surface area contributed by atoms with Crippen LogP contribution < -0.4 is 0 Å². The molecular formula is C10H20O3Si. The number of carbonyl (C=O) groups is 1. The van der Waals surface area contributed by atoms with Crippen molar-refractivity contribution in [2.24, 2.45) is 0 Å². The summed E-state index contributed by atoms with van der Waals surface area (Å²) >= 11 is 0. The van der Waals surface area contributed by atoms with Gasteiger partial charge in [0.05, 0.1) is 6.61 Å². The Labute approximate surface area is 87.8 Å². The Morgan fingerprint density at radius 1 is 1.50 bits per heavy atom. The first-order valence-corrected chi connectivity index (χ1v) is 7.69. The topological polar surface area (TPSA) is 35.5 Å². The van der Waals surface area contributed by atoms with E-state index in [1.165, 1.54) is 0 Å². The molecule has 0 saturated carbocycles. The summed E-state index contributed by atoms with van der Waals surface area (Å²) < 4.78 is 10.6. The average Bonchev–Trinajstić information content (AvgIpc) is 2.02. The molecule has 0 spiro atoms. The van der Waals surface area contributed by atoms with Crippen molar-refractivity contribution in [1.82, 2.24) is 0 Å². The number of carbonyl (C=O) groups excluding carboxylic acids is 1. The second kappa shape index (κ2) is 6.78. The average molecular weight is 216 g/mol. The third-order valence-corrected chi connectivity index (χ3v) is 2.62. The summed E-state index contributed by atoms with van der Waals surface area (Å²) in [6.07, 6.45) is 0.934. The summed E-state index contributed by atoms with van der Waals surface area (Å²) in [4.78, 5) is 11.0. The van der Waals surface area contributed by atoms with Crippen LogP contribution in [0, 0.1) is 0 Å². The number of ether oxygens (including phenoxy) is 1. The largest absolute Gasteiger partial charge is 0.462 e. The highest BCUT2D eigenvalue weighted by Gasteiger charge is 2.07. The molecule has 14 heavy (non-hydrogen) atoms. The highest BCUT2D eigenvalue weighted by atomic mass is 28.3. The van der Waals surface area contributed by atoms with Gasteiger partial charge in [0.2, 0.25) is 0 Å². The van der Waals surface area contributed by atoms with Crippen molar-refractivity contribution in [1.29, 1.82) is 0 Å². The molecule has 0 N–H and O–H groups in total. The molecule has 0 radical (unpaired) electrons. The lowest BCUT2D eigenvalue weighted by Gasteiger charge is -2.15. The van der Waals surface area contributed by atoms with Crippen LogP contribution in [-0.2, 0) is 14.0 Å². The fourth-order valence-electron chi connectivity index (χ4n) is 0.973. The minimum Gasteiger partial charge on any atom is -0.462 e. The lowest BCUT2D eigenvalue weighted by Crippen LogP contribution is -2.20. The lowest BCUT2D eigenvalue weighted by atomic mass is 10.3. The van der Waals surface area contributed by atoms with E-state index in [-0.39, 0.29) is 12.1 Å². The fourth-order valence-corrected chi connectivity index (χ4v) is 2.04. The molecule has 0 heterocycles. The molecule has 0 fully saturated rings. The van der Waals surface area contributed by atoms with Gasteiger partial charge in [0.25, 0.3) is 0 Å². The molecule has 1 atom stereocenters. The van der Waals surface area contributed by atoms with Crippen LogP contribution in [0.1, 0.15) is 20.3 Å². The summed E-state index contributed by atoms with van der Waals surface area (Å²) in [6.45, 7) is 11.8. The third-order valence-electron chi connectivity index (χ3n) is 1.61. The summed E-state index contributed by atoms with van der Waals surface area (Å²) in [6, 6.07) is 0. The Bertz CT molecular complexity index is 202. The van der Waals surface area contributed by atoms with Gasteiger partial charge in [-0.3, -0.25) is 0 Å². The first-order valence-electron chi connectivity index (χ1n) is 4.91. The van der Waals surface area contributed by atoms with Gasteiger partial charge < -0.3 is 9.16 Å². The Morgan fingerprint density at radius 2 is 2.07 bits per heavy atom. The maximum Gasteiger partial charge on any atom is 0.333 e. The number of hydrogen-bond donors (Lipinski definition) is 0. The van der Waals surface area contributed by atoms with E-state index in [0.717, 1.165) is 6.42 Å². The molecule has 0 bridgehead atoms. The van der Waals surface area contributed by atoms with Gasteiger partial charge in [-0.1, -0.05) is 6.58 Å². The third kappa shape index (κ3) is 6.86. The Morgan fingerprint density at radius 3 is 2.50 bits per heavy atom. The quantitative estimate of drug-likeness (QED) is 0.386. The van der Waals surface area contributed by atoms with Crippen molar-refractivity contribution in [3.05, 3.63) is 12.2 Å². The van der Waals surface area contributed by atoms with E-state index in [1.54, 1.807) is 6.92 Å². The van der Waals surface area contributed by atoms with E-state index in [4.69, 9.17) is 9.16 Å². The molecule has 1 unspecified atom stereocenters. The van der Waals surface area contributed by atoms with Gasteiger partial charge in [0, 0.05) is 18.1 Å². The zero-order chi connectivity index (χ0) is 11.1. The van der Waals surface area contributed by atoms with Gasteiger partial charge in [0.15, 0.2) is 9.04 Å². The molecule has 0 amide bonds. The fraction of sp³-hybridized carbons (Fsp3) is 0.700. The highest BCUT2D eigenvalue weighted by molar-refractivity contribution is 6.48. The van der Waals surface area contributed by atoms with Crippen LogP contribution in [0.5, 0.6) is 0 Å². The molecule has 0 aliphatic heterocycles. The minimum atomic E-state index is -0.973. The molecule has 4 heteroatoms. The lowest BCUT2D eigenvalue weighted by molar-refractivity contribution is -0.139. The van der Waals surface area contributed by atoms with Crippen molar-refractivity contribution in [3.8, 4) is 0 Å². The van der Waals surface area contributed by atoms with Crippen LogP contribution in [0.15, 0.2) is 12.2 Å². The van der Waals surface area contributed by atoms with Crippen molar-refractivity contribution < 1.29 is 14.0 Å². The predicted octanol–water partition coefficient (Wildman–Crippen LogP) is 1.88. The van der Waals surface area contributed by atoms with E-state index in [9.17, 15) is 4.79 Å². The highest BCUT2D eigenvalue weighted by Crippen LogP contribution is 2.01. The van der Waals surface area contributed by atoms with E-state index >= 15 is 0 Å². The van der Waals surface area contributed by atoms with E-state index < -0.39 is 9.04 Å². The second-order valence-corrected chi connectivity index (χ2v) is 6.07. The molecule has 0 aromatic rings. The Kier molecular flexibility index (Phi) is 6.49. The van der Waals surface area contributed by atoms with Crippen LogP contribution in [0.2, 0.25) is 13.1 Å². The normalized spacial score (nSPS) is 12.6. The summed E-state index contributed by atoms with van der Waals surface area (Å²) in [5.74, 6) is -0.320. The maximum absolute atomic E-state index is 11.0. The second-order valence-electron chi connectivity index (χ2n) is 3.70. The molecule has 3 nitrogen and oxygen atoms in total. The van der Waals surface area contributed by atoms with Crippen LogP contribution in [0.25, 0.3) is 0 Å². The molecule has 0 aliphatic carbocycles. The molecule has 0 aliphatic rings. The van der Waals surface area contributed by atoms with Crippen molar-refractivity contribution >= 4 is 15.0 Å². The molecule has 82 valence electrons. The van der Waals surface area contributed by atoms with E-state index in [1.807, 2.05) is 6.92 Å². The van der Waals surface area contributed by atoms with Crippen molar-refractivity contribution in [3.63, 3.8) is 0 Å². The maximum atomic E-state index is 11.0. The Hall–Kier alpha value is -0.613. The van der Waals surface area contributed by atoms with E-state index in [0.29, 0.717) is 12.2 Å². The number of esters is 1. The summed E-state index contributed by atoms with van der Waals surface area (Å²) in [7, 11) is -0.973. The minimum absolute atomic E-state index is 0.180. The summed E-state index contributed by atoms with van der Waals surface area (Å²) in [5, 5.41) is 0. The molecule has 0 aromatic carbocycles. The van der Waals surface area contributed by atoms with Gasteiger partial charge in [-0.05, 0) is 26.9 Å². The molecule has 0 rings (SSSR count). The van der Waals surface area contributed by atoms with Gasteiger partial charge >= 0.3 is 5.97 Å². The number of rotatable bonds is 6. The molecular weight excluding hydrogens is 196 g/mol. The number of hydrogen-bond acceptors (Lipinski definition) is 3. The standard InChI is InChI=1S/C10H20O3Si/c1-8(2)10(11)12-7-6-9(3)13-14(4)5/h9,14H,1,6-7H2,2-5H3. The smallest absolute Gasteiger partial charge is 0.333 e. The van der Waals surface area contributed by atoms with Gasteiger partial charge in [-0.2, -0.15) is 0 Å². The summed E-state index contributed by atoms with van der Waals surface area (Å²) in [5.41, 5.74) is 0.441. The van der Waals surface area contributed by atoms with Crippen LogP contribution in [-0.4, -0.2) is 27.7 Å². The van der Waals surface area contributed by atoms with Gasteiger partial charge in [-0.25, -0.2) is 4.79 Å². The zero-order valence-electron chi connectivity index (χ0n) is 9.50. The van der Waals surface area contributed by atoms with Crippen LogP contribution in [0.4, 0.5) is 0 Å². The van der Waals surface area contributed by atoms with Crippen LogP contribution >= 0.6 is 0 Å². The SMILES string of the molecule is C=C(C)C(=O)OCCC(C)O[SiH](C)C. The monoisotopic (exact) mass is 216 g/mol. The molecule has 0 aromatic heterocycles.